The molecule has 1 aromatic carbocycles. The van der Waals surface area contributed by atoms with Gasteiger partial charge in [0.05, 0.1) is 0 Å². The Morgan fingerprint density at radius 1 is 1.25 bits per heavy atom. The minimum absolute atomic E-state index is 0.0261. The molecule has 2 nitrogen and oxygen atoms in total. The molecule has 0 spiro atoms. The van der Waals surface area contributed by atoms with Crippen molar-refractivity contribution in [1.82, 2.24) is 5.32 Å². The van der Waals surface area contributed by atoms with Crippen molar-refractivity contribution in [3.05, 3.63) is 29.3 Å². The molecule has 1 aliphatic rings. The van der Waals surface area contributed by atoms with Gasteiger partial charge in [0.15, 0.2) is 0 Å². The molecule has 112 valence electrons. The number of hydrogen-bond donors (Lipinski definition) is 1. The van der Waals surface area contributed by atoms with E-state index in [0.29, 0.717) is 0 Å². The van der Waals surface area contributed by atoms with Crippen molar-refractivity contribution >= 4 is 0 Å². The number of hydrogen-bond acceptors (Lipinski definition) is 2. The van der Waals surface area contributed by atoms with Crippen molar-refractivity contribution in [3.8, 4) is 5.75 Å². The lowest BCUT2D eigenvalue weighted by Crippen LogP contribution is -2.24. The average Bonchev–Trinajstić information content (AvgIpc) is 2.66. The maximum atomic E-state index is 5.92. The molecule has 1 aromatic rings. The van der Waals surface area contributed by atoms with E-state index < -0.39 is 0 Å². The first-order valence-electron chi connectivity index (χ1n) is 7.98. The zero-order valence-corrected chi connectivity index (χ0v) is 13.5. The van der Waals surface area contributed by atoms with Crippen molar-refractivity contribution in [2.75, 3.05) is 13.1 Å². The first kappa shape index (κ1) is 15.4. The number of nitrogens with one attached hydrogen (secondary N) is 1. The van der Waals surface area contributed by atoms with Crippen LogP contribution in [0.5, 0.6) is 5.75 Å². The zero-order valence-electron chi connectivity index (χ0n) is 13.5. The Bertz CT molecular complexity index is 437. The lowest BCUT2D eigenvalue weighted by atomic mass is 9.98. The van der Waals surface area contributed by atoms with E-state index in [9.17, 15) is 0 Å². The molecule has 1 heterocycles. The van der Waals surface area contributed by atoms with Gasteiger partial charge in [0.25, 0.3) is 0 Å². The number of fused-ring (bicyclic) bond motifs is 1. The highest BCUT2D eigenvalue weighted by molar-refractivity contribution is 5.41. The second kappa shape index (κ2) is 6.62. The zero-order chi connectivity index (χ0) is 14.6. The van der Waals surface area contributed by atoms with Crippen LogP contribution in [0.15, 0.2) is 18.2 Å². The van der Waals surface area contributed by atoms with Gasteiger partial charge in [0.1, 0.15) is 11.4 Å². The lowest BCUT2D eigenvalue weighted by molar-refractivity contribution is 0.138. The third kappa shape index (κ3) is 4.52. The first-order chi connectivity index (χ1) is 9.46. The smallest absolute Gasteiger partial charge is 0.123 e. The van der Waals surface area contributed by atoms with Gasteiger partial charge in [0, 0.05) is 6.42 Å². The largest absolute Gasteiger partial charge is 0.487 e. The first-order valence-corrected chi connectivity index (χ1v) is 7.98. The monoisotopic (exact) mass is 275 g/mol. The van der Waals surface area contributed by atoms with Crippen molar-refractivity contribution in [3.63, 3.8) is 0 Å². The van der Waals surface area contributed by atoms with Gasteiger partial charge in [-0.05, 0) is 69.3 Å². The van der Waals surface area contributed by atoms with Crippen LogP contribution in [0.25, 0.3) is 0 Å². The van der Waals surface area contributed by atoms with Gasteiger partial charge in [-0.2, -0.15) is 0 Å². The fraction of sp³-hybridized carbons (Fsp3) is 0.667. The summed E-state index contributed by atoms with van der Waals surface area (Å²) >= 11 is 0. The number of unbranched alkanes of at least 4 members (excludes halogenated alkanes) is 1. The van der Waals surface area contributed by atoms with E-state index >= 15 is 0 Å². The standard InChI is InChI=1S/C18H29NO/c1-14(2)13-19-10-6-5-7-15-8-9-17-16(11-15)12-18(3,4)20-17/h8-9,11,14,19H,5-7,10,12-13H2,1-4H3. The van der Waals surface area contributed by atoms with Crippen molar-refractivity contribution in [2.24, 2.45) is 5.92 Å². The molecule has 0 aromatic heterocycles. The van der Waals surface area contributed by atoms with Gasteiger partial charge in [0.2, 0.25) is 0 Å². The summed E-state index contributed by atoms with van der Waals surface area (Å²) in [6.45, 7) is 11.1. The highest BCUT2D eigenvalue weighted by Crippen LogP contribution is 2.35. The Morgan fingerprint density at radius 3 is 2.80 bits per heavy atom. The summed E-state index contributed by atoms with van der Waals surface area (Å²) in [6, 6.07) is 6.71. The third-order valence-electron chi connectivity index (χ3n) is 3.75. The molecule has 0 saturated heterocycles. The Morgan fingerprint density at radius 2 is 2.05 bits per heavy atom. The molecule has 0 aliphatic carbocycles. The number of rotatable bonds is 7. The summed E-state index contributed by atoms with van der Waals surface area (Å²) in [4.78, 5) is 0. The predicted molar refractivity (Wildman–Crippen MR) is 85.5 cm³/mol. The summed E-state index contributed by atoms with van der Waals surface area (Å²) in [5, 5.41) is 3.50. The minimum Gasteiger partial charge on any atom is -0.487 e. The van der Waals surface area contributed by atoms with Crippen molar-refractivity contribution in [2.45, 2.75) is 59.0 Å². The number of benzene rings is 1. The van der Waals surface area contributed by atoms with Gasteiger partial charge in [-0.25, -0.2) is 0 Å². The predicted octanol–water partition coefficient (Wildman–Crippen LogP) is 3.97. The van der Waals surface area contributed by atoms with E-state index in [0.717, 1.165) is 31.2 Å². The molecule has 1 aliphatic heterocycles. The minimum atomic E-state index is -0.0261. The maximum absolute atomic E-state index is 5.92. The Kier molecular flexibility index (Phi) is 5.09. The van der Waals surface area contributed by atoms with Gasteiger partial charge < -0.3 is 10.1 Å². The lowest BCUT2D eigenvalue weighted by Gasteiger charge is -2.16. The fourth-order valence-electron chi connectivity index (χ4n) is 2.79. The van der Waals surface area contributed by atoms with E-state index in [1.165, 1.54) is 30.4 Å². The quantitative estimate of drug-likeness (QED) is 0.760. The highest BCUT2D eigenvalue weighted by atomic mass is 16.5. The van der Waals surface area contributed by atoms with Crippen molar-refractivity contribution in [1.29, 1.82) is 0 Å². The summed E-state index contributed by atoms with van der Waals surface area (Å²) in [7, 11) is 0. The molecule has 1 N–H and O–H groups in total. The molecule has 20 heavy (non-hydrogen) atoms. The van der Waals surface area contributed by atoms with E-state index in [4.69, 9.17) is 4.74 Å². The number of aryl methyl sites for hydroxylation is 1. The topological polar surface area (TPSA) is 21.3 Å². The molecule has 0 radical (unpaired) electrons. The van der Waals surface area contributed by atoms with Gasteiger partial charge in [-0.3, -0.25) is 0 Å². The normalized spacial score (nSPS) is 16.2. The molecule has 0 fully saturated rings. The summed E-state index contributed by atoms with van der Waals surface area (Å²) in [6.07, 6.45) is 4.73. The average molecular weight is 275 g/mol. The molecular formula is C18H29NO. The van der Waals surface area contributed by atoms with E-state index in [1.807, 2.05) is 0 Å². The summed E-state index contributed by atoms with van der Waals surface area (Å²) < 4.78 is 5.92. The third-order valence-corrected chi connectivity index (χ3v) is 3.75. The maximum Gasteiger partial charge on any atom is 0.123 e. The van der Waals surface area contributed by atoms with Crippen LogP contribution in [0.4, 0.5) is 0 Å². The Hall–Kier alpha value is -1.02. The van der Waals surface area contributed by atoms with Crippen LogP contribution in [0.1, 0.15) is 51.7 Å². The second-order valence-corrected chi connectivity index (χ2v) is 7.04. The highest BCUT2D eigenvalue weighted by Gasteiger charge is 2.29. The van der Waals surface area contributed by atoms with Crippen LogP contribution in [-0.4, -0.2) is 18.7 Å². The van der Waals surface area contributed by atoms with Gasteiger partial charge in [-0.1, -0.05) is 26.0 Å². The van der Waals surface area contributed by atoms with Crippen LogP contribution in [-0.2, 0) is 12.8 Å². The van der Waals surface area contributed by atoms with E-state index in [-0.39, 0.29) is 5.60 Å². The summed E-state index contributed by atoms with van der Waals surface area (Å²) in [5.41, 5.74) is 2.81. The van der Waals surface area contributed by atoms with E-state index in [2.05, 4.69) is 51.2 Å². The molecule has 0 bridgehead atoms. The fourth-order valence-corrected chi connectivity index (χ4v) is 2.79. The Balaban J connectivity index is 1.73. The van der Waals surface area contributed by atoms with Crippen LogP contribution in [0.3, 0.4) is 0 Å². The molecule has 2 heteroatoms. The Labute approximate surface area is 123 Å². The van der Waals surface area contributed by atoms with Crippen LogP contribution >= 0.6 is 0 Å². The van der Waals surface area contributed by atoms with Crippen LogP contribution < -0.4 is 10.1 Å². The van der Waals surface area contributed by atoms with E-state index in [1.54, 1.807) is 0 Å². The molecule has 0 amide bonds. The van der Waals surface area contributed by atoms with Crippen LogP contribution in [0, 0.1) is 5.92 Å². The molecule has 2 rings (SSSR count). The van der Waals surface area contributed by atoms with Gasteiger partial charge >= 0.3 is 0 Å². The molecule has 0 saturated carbocycles. The SMILES string of the molecule is CC(C)CNCCCCc1ccc2c(c1)CC(C)(C)O2. The number of ether oxygens (including phenoxy) is 1. The molecule has 0 unspecified atom stereocenters. The van der Waals surface area contributed by atoms with Crippen molar-refractivity contribution < 1.29 is 4.74 Å². The second-order valence-electron chi connectivity index (χ2n) is 7.04. The molecular weight excluding hydrogens is 246 g/mol. The molecule has 0 atom stereocenters. The summed E-state index contributed by atoms with van der Waals surface area (Å²) in [5.74, 6) is 1.83. The van der Waals surface area contributed by atoms with Gasteiger partial charge in [-0.15, -0.1) is 0 Å². The van der Waals surface area contributed by atoms with Crippen LogP contribution in [0.2, 0.25) is 0 Å².